The van der Waals surface area contributed by atoms with Crippen LogP contribution in [-0.2, 0) is 14.3 Å². The number of hydrogen-bond donors (Lipinski definition) is 1. The fraction of sp³-hybridized carbons (Fsp3) is 0.571. The van der Waals surface area contributed by atoms with E-state index in [0.29, 0.717) is 26.2 Å². The molecule has 1 aromatic heterocycles. The van der Waals surface area contributed by atoms with Crippen LogP contribution in [0.2, 0.25) is 0 Å². The van der Waals surface area contributed by atoms with Crippen molar-refractivity contribution >= 4 is 23.2 Å². The van der Waals surface area contributed by atoms with Crippen molar-refractivity contribution in [1.82, 2.24) is 10.2 Å². The van der Waals surface area contributed by atoms with Gasteiger partial charge in [0.1, 0.15) is 0 Å². The number of carbonyl (C=O) groups is 2. The molecule has 2 atom stereocenters. The van der Waals surface area contributed by atoms with Crippen molar-refractivity contribution in [2.24, 2.45) is 0 Å². The molecule has 1 aliphatic rings. The minimum absolute atomic E-state index is 0.0629. The Morgan fingerprint density at radius 2 is 2.40 bits per heavy atom. The maximum absolute atomic E-state index is 12.4. The molecule has 0 unspecified atom stereocenters. The smallest absolute Gasteiger partial charge is 0.225 e. The summed E-state index contributed by atoms with van der Waals surface area (Å²) < 4.78 is 5.34. The summed E-state index contributed by atoms with van der Waals surface area (Å²) >= 11 is 1.55. The minimum Gasteiger partial charge on any atom is -0.377 e. The van der Waals surface area contributed by atoms with E-state index in [0.717, 1.165) is 4.88 Å². The molecule has 5 nitrogen and oxygen atoms in total. The fourth-order valence-electron chi connectivity index (χ4n) is 2.35. The van der Waals surface area contributed by atoms with E-state index in [-0.39, 0.29) is 23.9 Å². The molecule has 6 heteroatoms. The van der Waals surface area contributed by atoms with Crippen LogP contribution in [0.4, 0.5) is 0 Å². The highest BCUT2D eigenvalue weighted by Crippen LogP contribution is 2.23. The van der Waals surface area contributed by atoms with E-state index in [1.165, 1.54) is 6.92 Å². The van der Waals surface area contributed by atoms with Gasteiger partial charge in [-0.2, -0.15) is 0 Å². The van der Waals surface area contributed by atoms with E-state index in [9.17, 15) is 9.59 Å². The molecular weight excluding hydrogens is 276 g/mol. The van der Waals surface area contributed by atoms with E-state index >= 15 is 0 Å². The molecule has 1 aromatic rings. The van der Waals surface area contributed by atoms with E-state index < -0.39 is 0 Å². The van der Waals surface area contributed by atoms with Crippen LogP contribution >= 0.6 is 11.3 Å². The van der Waals surface area contributed by atoms with Gasteiger partial charge in [0, 0.05) is 18.3 Å². The van der Waals surface area contributed by atoms with Gasteiger partial charge in [0.2, 0.25) is 11.8 Å². The second kappa shape index (κ2) is 6.85. The van der Waals surface area contributed by atoms with Crippen LogP contribution in [0.1, 0.15) is 31.2 Å². The summed E-state index contributed by atoms with van der Waals surface area (Å²) in [5, 5.41) is 4.81. The highest BCUT2D eigenvalue weighted by Gasteiger charge is 2.27. The van der Waals surface area contributed by atoms with Crippen LogP contribution in [0.3, 0.4) is 0 Å². The molecule has 2 rings (SSSR count). The second-order valence-corrected chi connectivity index (χ2v) is 5.96. The van der Waals surface area contributed by atoms with Gasteiger partial charge in [-0.05, 0) is 18.4 Å². The Morgan fingerprint density at radius 1 is 1.60 bits per heavy atom. The predicted octanol–water partition coefficient (Wildman–Crippen LogP) is 1.56. The van der Waals surface area contributed by atoms with Crippen molar-refractivity contribution in [1.29, 1.82) is 0 Å². The summed E-state index contributed by atoms with van der Waals surface area (Å²) in [5.74, 6) is -0.0563. The Morgan fingerprint density at radius 3 is 3.00 bits per heavy atom. The summed E-state index contributed by atoms with van der Waals surface area (Å²) in [7, 11) is 0. The first-order valence-electron chi connectivity index (χ1n) is 6.75. The third-order valence-corrected chi connectivity index (χ3v) is 4.32. The topological polar surface area (TPSA) is 58.6 Å². The van der Waals surface area contributed by atoms with Gasteiger partial charge >= 0.3 is 0 Å². The molecule has 0 saturated carbocycles. The number of nitrogens with one attached hydrogen (secondary N) is 1. The quantitative estimate of drug-likeness (QED) is 0.917. The molecular formula is C14H20N2O3S. The largest absolute Gasteiger partial charge is 0.377 e. The molecule has 0 aromatic carbocycles. The van der Waals surface area contributed by atoms with Crippen molar-refractivity contribution in [2.75, 3.05) is 19.8 Å². The van der Waals surface area contributed by atoms with E-state index in [4.69, 9.17) is 4.74 Å². The molecule has 1 N–H and O–H groups in total. The fourth-order valence-corrected chi connectivity index (χ4v) is 3.13. The Balaban J connectivity index is 2.03. The van der Waals surface area contributed by atoms with Gasteiger partial charge in [0.25, 0.3) is 0 Å². The number of nitrogens with zero attached hydrogens (tertiary/aromatic N) is 1. The number of amides is 2. The molecule has 20 heavy (non-hydrogen) atoms. The average molecular weight is 296 g/mol. The van der Waals surface area contributed by atoms with E-state index in [1.54, 1.807) is 11.3 Å². The zero-order valence-corrected chi connectivity index (χ0v) is 12.6. The molecule has 1 saturated heterocycles. The number of morpholine rings is 1. The Bertz CT molecular complexity index is 461. The number of thiophene rings is 1. The first kappa shape index (κ1) is 15.0. The summed E-state index contributed by atoms with van der Waals surface area (Å²) in [6, 6.07) is 3.73. The molecule has 1 aliphatic heterocycles. The van der Waals surface area contributed by atoms with Crippen LogP contribution in [0, 0.1) is 0 Å². The first-order valence-corrected chi connectivity index (χ1v) is 7.63. The van der Waals surface area contributed by atoms with E-state index in [2.05, 4.69) is 5.32 Å². The molecule has 0 radical (unpaired) electrons. The van der Waals surface area contributed by atoms with Gasteiger partial charge in [-0.25, -0.2) is 0 Å². The van der Waals surface area contributed by atoms with Gasteiger partial charge in [0.15, 0.2) is 0 Å². The molecule has 2 heterocycles. The zero-order chi connectivity index (χ0) is 14.5. The van der Waals surface area contributed by atoms with E-state index in [1.807, 2.05) is 29.3 Å². The zero-order valence-electron chi connectivity index (χ0n) is 11.8. The van der Waals surface area contributed by atoms with Crippen molar-refractivity contribution in [3.63, 3.8) is 0 Å². The van der Waals surface area contributed by atoms with Crippen LogP contribution in [0.25, 0.3) is 0 Å². The van der Waals surface area contributed by atoms with Crippen LogP contribution in [0.5, 0.6) is 0 Å². The maximum atomic E-state index is 12.4. The SMILES string of the molecule is CC(=O)N[C@H](CC(=O)N1CCOC[C@@H]1C)c1cccs1. The predicted molar refractivity (Wildman–Crippen MR) is 77.5 cm³/mol. The number of carbonyl (C=O) groups excluding carboxylic acids is 2. The molecule has 110 valence electrons. The third-order valence-electron chi connectivity index (χ3n) is 3.33. The molecule has 0 bridgehead atoms. The lowest BCUT2D eigenvalue weighted by Crippen LogP contribution is -2.48. The minimum atomic E-state index is -0.241. The molecule has 1 fully saturated rings. The second-order valence-electron chi connectivity index (χ2n) is 4.98. The average Bonchev–Trinajstić information content (AvgIpc) is 2.91. The van der Waals surface area contributed by atoms with Gasteiger partial charge in [-0.15, -0.1) is 11.3 Å². The molecule has 0 aliphatic carbocycles. The van der Waals surface area contributed by atoms with Gasteiger partial charge in [-0.1, -0.05) is 6.07 Å². The summed E-state index contributed by atoms with van der Waals surface area (Å²) in [6.45, 7) is 5.24. The summed E-state index contributed by atoms with van der Waals surface area (Å²) in [4.78, 5) is 26.6. The monoisotopic (exact) mass is 296 g/mol. The van der Waals surface area contributed by atoms with Gasteiger partial charge < -0.3 is 15.0 Å². The first-order chi connectivity index (χ1) is 9.58. The Kier molecular flexibility index (Phi) is 5.14. The molecule has 2 amide bonds. The normalized spacial score (nSPS) is 20.5. The van der Waals surface area contributed by atoms with Crippen molar-refractivity contribution < 1.29 is 14.3 Å². The lowest BCUT2D eigenvalue weighted by molar-refractivity contribution is -0.139. The van der Waals surface area contributed by atoms with Crippen LogP contribution in [-0.4, -0.2) is 42.5 Å². The van der Waals surface area contributed by atoms with Crippen molar-refractivity contribution in [3.05, 3.63) is 22.4 Å². The Labute approximate surface area is 122 Å². The Hall–Kier alpha value is -1.40. The number of ether oxygens (including phenoxy) is 1. The van der Waals surface area contributed by atoms with Crippen molar-refractivity contribution in [2.45, 2.75) is 32.4 Å². The maximum Gasteiger partial charge on any atom is 0.225 e. The number of rotatable bonds is 4. The van der Waals surface area contributed by atoms with Crippen LogP contribution < -0.4 is 5.32 Å². The van der Waals surface area contributed by atoms with Crippen LogP contribution in [0.15, 0.2) is 17.5 Å². The van der Waals surface area contributed by atoms with Crippen molar-refractivity contribution in [3.8, 4) is 0 Å². The van der Waals surface area contributed by atoms with Gasteiger partial charge in [-0.3, -0.25) is 9.59 Å². The highest BCUT2D eigenvalue weighted by molar-refractivity contribution is 7.10. The highest BCUT2D eigenvalue weighted by atomic mass is 32.1. The standard InChI is InChI=1S/C14H20N2O3S/c1-10-9-19-6-5-16(10)14(18)8-12(15-11(2)17)13-4-3-7-20-13/h3-4,7,10,12H,5-6,8-9H2,1-2H3,(H,15,17)/t10-,12+/m0/s1. The lowest BCUT2D eigenvalue weighted by atomic mass is 10.1. The lowest BCUT2D eigenvalue weighted by Gasteiger charge is -2.34. The molecule has 0 spiro atoms. The van der Waals surface area contributed by atoms with Gasteiger partial charge in [0.05, 0.1) is 31.7 Å². The third kappa shape index (κ3) is 3.80. The summed E-state index contributed by atoms with van der Waals surface area (Å²) in [6.07, 6.45) is 0.296. The summed E-state index contributed by atoms with van der Waals surface area (Å²) in [5.41, 5.74) is 0. The number of hydrogen-bond acceptors (Lipinski definition) is 4.